The van der Waals surface area contributed by atoms with Crippen LogP contribution in [0.3, 0.4) is 0 Å². The Bertz CT molecular complexity index is 463. The van der Waals surface area contributed by atoms with Crippen molar-refractivity contribution in [1.29, 1.82) is 0 Å². The van der Waals surface area contributed by atoms with Gasteiger partial charge >= 0.3 is 5.97 Å². The minimum Gasteiger partial charge on any atom is -0.481 e. The molecule has 0 saturated heterocycles. The first-order valence-corrected chi connectivity index (χ1v) is 7.34. The molecule has 0 aliphatic heterocycles. The van der Waals surface area contributed by atoms with E-state index in [0.717, 1.165) is 24.1 Å². The molecule has 0 aliphatic carbocycles. The number of carboxylic acids is 1. The molecule has 0 radical (unpaired) electrons. The fourth-order valence-electron chi connectivity index (χ4n) is 2.27. The highest BCUT2D eigenvalue weighted by Gasteiger charge is 2.14. The van der Waals surface area contributed by atoms with Gasteiger partial charge in [-0.05, 0) is 32.6 Å². The van der Waals surface area contributed by atoms with Gasteiger partial charge in [-0.3, -0.25) is 9.59 Å². The Morgan fingerprint density at radius 2 is 2.05 bits per heavy atom. The second kappa shape index (κ2) is 8.44. The molecule has 0 fully saturated rings. The fourth-order valence-corrected chi connectivity index (χ4v) is 2.27. The monoisotopic (exact) mass is 296 g/mol. The van der Waals surface area contributed by atoms with Crippen molar-refractivity contribution < 1.29 is 19.2 Å². The molecular weight excluding hydrogens is 272 g/mol. The van der Waals surface area contributed by atoms with Crippen LogP contribution in [0.2, 0.25) is 0 Å². The number of rotatable bonds is 9. The van der Waals surface area contributed by atoms with Crippen LogP contribution >= 0.6 is 0 Å². The van der Waals surface area contributed by atoms with E-state index in [1.54, 1.807) is 6.92 Å². The topological polar surface area (TPSA) is 92.4 Å². The van der Waals surface area contributed by atoms with E-state index >= 15 is 0 Å². The van der Waals surface area contributed by atoms with Crippen molar-refractivity contribution in [2.24, 2.45) is 5.92 Å². The lowest BCUT2D eigenvalue weighted by molar-refractivity contribution is -0.137. The normalized spacial score (nSPS) is 12.1. The van der Waals surface area contributed by atoms with E-state index < -0.39 is 5.97 Å². The zero-order valence-electron chi connectivity index (χ0n) is 12.9. The van der Waals surface area contributed by atoms with E-state index in [2.05, 4.69) is 10.5 Å². The number of aromatic nitrogens is 1. The van der Waals surface area contributed by atoms with Crippen LogP contribution in [0.4, 0.5) is 0 Å². The van der Waals surface area contributed by atoms with Crippen LogP contribution in [0.15, 0.2) is 4.52 Å². The number of nitrogens with one attached hydrogen (secondary N) is 1. The molecule has 0 saturated carbocycles. The summed E-state index contributed by atoms with van der Waals surface area (Å²) < 4.78 is 5.03. The van der Waals surface area contributed by atoms with Gasteiger partial charge in [-0.25, -0.2) is 0 Å². The number of carbonyl (C=O) groups excluding carboxylic acids is 1. The van der Waals surface area contributed by atoms with E-state index in [-0.39, 0.29) is 18.7 Å². The van der Waals surface area contributed by atoms with Gasteiger partial charge in [-0.15, -0.1) is 0 Å². The molecule has 2 N–H and O–H groups in total. The molecule has 1 amide bonds. The lowest BCUT2D eigenvalue weighted by atomic mass is 9.96. The third-order valence-electron chi connectivity index (χ3n) is 3.74. The van der Waals surface area contributed by atoms with E-state index in [1.807, 2.05) is 13.8 Å². The first-order valence-electron chi connectivity index (χ1n) is 7.34. The molecule has 1 atom stereocenters. The van der Waals surface area contributed by atoms with Crippen molar-refractivity contribution in [2.45, 2.75) is 52.9 Å². The maximum atomic E-state index is 11.9. The quantitative estimate of drug-likeness (QED) is 0.729. The first-order chi connectivity index (χ1) is 9.93. The Balaban J connectivity index is 2.31. The SMILES string of the molecule is CCC(CCNC(=O)Cc1c(C)noc1C)CCC(=O)O. The number of carbonyl (C=O) groups is 2. The number of carboxylic acid groups (broad SMARTS) is 1. The molecule has 1 aromatic rings. The molecule has 118 valence electrons. The van der Waals surface area contributed by atoms with Crippen molar-refractivity contribution in [2.75, 3.05) is 6.54 Å². The van der Waals surface area contributed by atoms with E-state index in [0.29, 0.717) is 24.6 Å². The largest absolute Gasteiger partial charge is 0.481 e. The van der Waals surface area contributed by atoms with Crippen LogP contribution in [0.5, 0.6) is 0 Å². The Hall–Kier alpha value is -1.85. The summed E-state index contributed by atoms with van der Waals surface area (Å²) in [6.45, 7) is 6.22. The molecule has 21 heavy (non-hydrogen) atoms. The number of amides is 1. The fraction of sp³-hybridized carbons (Fsp3) is 0.667. The minimum atomic E-state index is -0.768. The van der Waals surface area contributed by atoms with Crippen LogP contribution in [0, 0.1) is 19.8 Å². The van der Waals surface area contributed by atoms with E-state index in [4.69, 9.17) is 9.63 Å². The van der Waals surface area contributed by atoms with Gasteiger partial charge in [-0.2, -0.15) is 0 Å². The molecule has 1 heterocycles. The first kappa shape index (κ1) is 17.2. The number of hydrogen-bond acceptors (Lipinski definition) is 4. The molecule has 6 heteroatoms. The molecule has 0 aromatic carbocycles. The van der Waals surface area contributed by atoms with Crippen molar-refractivity contribution in [1.82, 2.24) is 10.5 Å². The van der Waals surface area contributed by atoms with E-state index in [9.17, 15) is 9.59 Å². The summed E-state index contributed by atoms with van der Waals surface area (Å²) in [7, 11) is 0. The molecule has 1 aromatic heterocycles. The number of aliphatic carboxylic acids is 1. The zero-order valence-corrected chi connectivity index (χ0v) is 12.9. The average molecular weight is 296 g/mol. The van der Waals surface area contributed by atoms with Crippen LogP contribution in [-0.4, -0.2) is 28.7 Å². The van der Waals surface area contributed by atoms with Gasteiger partial charge in [0.05, 0.1) is 12.1 Å². The van der Waals surface area contributed by atoms with Gasteiger partial charge in [-0.1, -0.05) is 18.5 Å². The third-order valence-corrected chi connectivity index (χ3v) is 3.74. The molecule has 1 rings (SSSR count). The second-order valence-electron chi connectivity index (χ2n) is 5.32. The van der Waals surface area contributed by atoms with Crippen LogP contribution in [-0.2, 0) is 16.0 Å². The predicted octanol–water partition coefficient (Wildman–Crippen LogP) is 2.23. The second-order valence-corrected chi connectivity index (χ2v) is 5.32. The highest BCUT2D eigenvalue weighted by atomic mass is 16.5. The highest BCUT2D eigenvalue weighted by Crippen LogP contribution is 2.15. The van der Waals surface area contributed by atoms with Crippen molar-refractivity contribution in [3.8, 4) is 0 Å². The maximum absolute atomic E-state index is 11.9. The molecule has 0 aliphatic rings. The minimum absolute atomic E-state index is 0.0579. The molecule has 1 unspecified atom stereocenters. The molecular formula is C15H24N2O4. The summed E-state index contributed by atoms with van der Waals surface area (Å²) in [5, 5.41) is 15.4. The van der Waals surface area contributed by atoms with Gasteiger partial charge in [0.1, 0.15) is 5.76 Å². The van der Waals surface area contributed by atoms with E-state index in [1.165, 1.54) is 0 Å². The highest BCUT2D eigenvalue weighted by molar-refractivity contribution is 5.78. The van der Waals surface area contributed by atoms with Gasteiger partial charge in [0.2, 0.25) is 5.91 Å². The summed E-state index contributed by atoms with van der Waals surface area (Å²) in [6, 6.07) is 0. The Kier molecular flexibility index (Phi) is 6.91. The van der Waals surface area contributed by atoms with Crippen LogP contribution in [0.25, 0.3) is 0 Å². The summed E-state index contributed by atoms with van der Waals surface area (Å²) in [5.41, 5.74) is 1.58. The summed E-state index contributed by atoms with van der Waals surface area (Å²) in [6.07, 6.45) is 2.84. The predicted molar refractivity (Wildman–Crippen MR) is 78.0 cm³/mol. The standard InChI is InChI=1S/C15H24N2O4/c1-4-12(5-6-15(19)20)7-8-16-14(18)9-13-10(2)17-21-11(13)3/h12H,4-9H2,1-3H3,(H,16,18)(H,19,20). The summed E-state index contributed by atoms with van der Waals surface area (Å²) in [4.78, 5) is 22.4. The summed E-state index contributed by atoms with van der Waals surface area (Å²) in [5.74, 6) is 0.185. The number of nitrogens with zero attached hydrogens (tertiary/aromatic N) is 1. The third kappa shape index (κ3) is 5.97. The van der Waals surface area contributed by atoms with Gasteiger partial charge in [0, 0.05) is 18.5 Å². The summed E-state index contributed by atoms with van der Waals surface area (Å²) >= 11 is 0. The zero-order chi connectivity index (χ0) is 15.8. The van der Waals surface area contributed by atoms with Gasteiger partial charge in [0.15, 0.2) is 0 Å². The van der Waals surface area contributed by atoms with Crippen molar-refractivity contribution in [3.05, 3.63) is 17.0 Å². The van der Waals surface area contributed by atoms with Crippen LogP contribution < -0.4 is 5.32 Å². The number of hydrogen-bond donors (Lipinski definition) is 2. The van der Waals surface area contributed by atoms with Gasteiger partial charge < -0.3 is 14.9 Å². The van der Waals surface area contributed by atoms with Crippen molar-refractivity contribution >= 4 is 11.9 Å². The average Bonchev–Trinajstić information content (AvgIpc) is 2.74. The smallest absolute Gasteiger partial charge is 0.303 e. The molecule has 0 spiro atoms. The van der Waals surface area contributed by atoms with Crippen LogP contribution in [0.1, 0.15) is 49.6 Å². The lowest BCUT2D eigenvalue weighted by Crippen LogP contribution is -2.27. The number of aryl methyl sites for hydroxylation is 2. The Morgan fingerprint density at radius 1 is 1.33 bits per heavy atom. The van der Waals surface area contributed by atoms with Crippen molar-refractivity contribution in [3.63, 3.8) is 0 Å². The Morgan fingerprint density at radius 3 is 2.57 bits per heavy atom. The molecule has 6 nitrogen and oxygen atoms in total. The Labute approximate surface area is 124 Å². The molecule has 0 bridgehead atoms. The maximum Gasteiger partial charge on any atom is 0.303 e. The van der Waals surface area contributed by atoms with Gasteiger partial charge in [0.25, 0.3) is 0 Å². The lowest BCUT2D eigenvalue weighted by Gasteiger charge is -2.14.